The van der Waals surface area contributed by atoms with E-state index in [-0.39, 0.29) is 17.6 Å². The molecule has 7 heteroatoms. The number of hydrogen-bond donors (Lipinski definition) is 2. The van der Waals surface area contributed by atoms with E-state index in [4.69, 9.17) is 17.3 Å². The van der Waals surface area contributed by atoms with E-state index in [0.29, 0.717) is 17.0 Å². The second kappa shape index (κ2) is 6.96. The van der Waals surface area contributed by atoms with Crippen molar-refractivity contribution in [2.24, 2.45) is 5.73 Å². The normalized spacial score (nSPS) is 17.6. The number of urea groups is 1. The molecule has 0 aliphatic carbocycles. The van der Waals surface area contributed by atoms with Crippen LogP contribution in [0.5, 0.6) is 0 Å². The zero-order valence-electron chi connectivity index (χ0n) is 14.4. The number of nitrogens with zero attached hydrogens (tertiary/aromatic N) is 1. The quantitative estimate of drug-likeness (QED) is 0.864. The summed E-state index contributed by atoms with van der Waals surface area (Å²) in [6.45, 7) is 1.92. The summed E-state index contributed by atoms with van der Waals surface area (Å²) < 4.78 is 13.7. The highest BCUT2D eigenvalue weighted by atomic mass is 35.5. The van der Waals surface area contributed by atoms with Crippen molar-refractivity contribution in [2.75, 3.05) is 11.9 Å². The van der Waals surface area contributed by atoms with Crippen LogP contribution in [-0.2, 0) is 11.2 Å². The summed E-state index contributed by atoms with van der Waals surface area (Å²) in [7, 11) is 1.65. The van der Waals surface area contributed by atoms with Gasteiger partial charge in [-0.15, -0.1) is 0 Å². The smallest absolute Gasteiger partial charge is 0.312 e. The highest BCUT2D eigenvalue weighted by Gasteiger charge is 2.34. The molecule has 0 radical (unpaired) electrons. The number of halogens is 2. The Morgan fingerprint density at radius 1 is 1.35 bits per heavy atom. The van der Waals surface area contributed by atoms with Crippen LogP contribution in [0.25, 0.3) is 0 Å². The number of primary amides is 1. The first-order valence-electron chi connectivity index (χ1n) is 8.20. The summed E-state index contributed by atoms with van der Waals surface area (Å²) in [5.74, 6) is -0.832. The lowest BCUT2D eigenvalue weighted by Gasteiger charge is -2.34. The number of nitrogens with one attached hydrogen (secondary N) is 1. The highest BCUT2D eigenvalue weighted by molar-refractivity contribution is 6.31. The molecule has 2 aromatic carbocycles. The molecule has 3 amide bonds. The third-order valence-electron chi connectivity index (χ3n) is 4.75. The zero-order valence-corrected chi connectivity index (χ0v) is 15.2. The van der Waals surface area contributed by atoms with Gasteiger partial charge < -0.3 is 16.0 Å². The topological polar surface area (TPSA) is 75.4 Å². The Balaban J connectivity index is 2.06. The molecule has 1 heterocycles. The highest BCUT2D eigenvalue weighted by Crippen LogP contribution is 2.39. The average Bonchev–Trinajstić information content (AvgIpc) is 2.60. The summed E-state index contributed by atoms with van der Waals surface area (Å²) >= 11 is 6.26. The van der Waals surface area contributed by atoms with Gasteiger partial charge in [0, 0.05) is 24.4 Å². The SMILES string of the molecule is CC(c1cc(F)ccc1Cl)c1cccc2c1N(C)C(=O)[C@H](NC(N)=O)C2. The molecule has 0 aromatic heterocycles. The van der Waals surface area contributed by atoms with Crippen molar-refractivity contribution in [1.29, 1.82) is 0 Å². The Morgan fingerprint density at radius 3 is 2.77 bits per heavy atom. The van der Waals surface area contributed by atoms with E-state index < -0.39 is 12.1 Å². The first-order valence-corrected chi connectivity index (χ1v) is 8.57. The summed E-state index contributed by atoms with van der Waals surface area (Å²) in [5, 5.41) is 2.94. The fraction of sp³-hybridized carbons (Fsp3) is 0.263. The van der Waals surface area contributed by atoms with Gasteiger partial charge in [0.1, 0.15) is 11.9 Å². The third kappa shape index (κ3) is 3.24. The molecule has 1 aliphatic heterocycles. The van der Waals surface area contributed by atoms with Crippen molar-refractivity contribution in [3.8, 4) is 0 Å². The van der Waals surface area contributed by atoms with Gasteiger partial charge in [-0.3, -0.25) is 4.79 Å². The molecule has 5 nitrogen and oxygen atoms in total. The number of likely N-dealkylation sites (N-methyl/N-ethyl adjacent to an activating group) is 1. The van der Waals surface area contributed by atoms with E-state index in [0.717, 1.165) is 16.8 Å². The van der Waals surface area contributed by atoms with Crippen molar-refractivity contribution in [3.63, 3.8) is 0 Å². The fourth-order valence-corrected chi connectivity index (χ4v) is 3.77. The predicted molar refractivity (Wildman–Crippen MR) is 99.0 cm³/mol. The van der Waals surface area contributed by atoms with E-state index in [1.165, 1.54) is 23.1 Å². The number of carbonyl (C=O) groups is 2. The molecule has 1 aliphatic rings. The van der Waals surface area contributed by atoms with Crippen LogP contribution in [0.3, 0.4) is 0 Å². The second-order valence-corrected chi connectivity index (χ2v) is 6.81. The first-order chi connectivity index (χ1) is 12.3. The zero-order chi connectivity index (χ0) is 19.0. The van der Waals surface area contributed by atoms with E-state index in [1.54, 1.807) is 7.05 Å². The van der Waals surface area contributed by atoms with E-state index >= 15 is 0 Å². The molecule has 0 bridgehead atoms. The van der Waals surface area contributed by atoms with Crippen molar-refractivity contribution >= 4 is 29.2 Å². The Hall–Kier alpha value is -2.60. The van der Waals surface area contributed by atoms with Crippen LogP contribution in [0.1, 0.15) is 29.5 Å². The lowest BCUT2D eigenvalue weighted by atomic mass is 9.86. The van der Waals surface area contributed by atoms with Crippen molar-refractivity contribution in [3.05, 3.63) is 63.9 Å². The number of amides is 3. The minimum Gasteiger partial charge on any atom is -0.352 e. The van der Waals surface area contributed by atoms with Gasteiger partial charge in [-0.25, -0.2) is 9.18 Å². The lowest BCUT2D eigenvalue weighted by molar-refractivity contribution is -0.120. The Kier molecular flexibility index (Phi) is 4.87. The van der Waals surface area contributed by atoms with E-state index in [9.17, 15) is 14.0 Å². The van der Waals surface area contributed by atoms with Gasteiger partial charge >= 0.3 is 6.03 Å². The molecule has 0 saturated carbocycles. The molecule has 3 N–H and O–H groups in total. The van der Waals surface area contributed by atoms with Crippen molar-refractivity contribution in [1.82, 2.24) is 5.32 Å². The van der Waals surface area contributed by atoms with E-state index in [2.05, 4.69) is 5.32 Å². The van der Waals surface area contributed by atoms with Crippen molar-refractivity contribution < 1.29 is 14.0 Å². The molecule has 26 heavy (non-hydrogen) atoms. The van der Waals surface area contributed by atoms with Crippen molar-refractivity contribution in [2.45, 2.75) is 25.3 Å². The summed E-state index contributed by atoms with van der Waals surface area (Å²) in [6.07, 6.45) is 0.346. The Bertz CT molecular complexity index is 887. The summed E-state index contributed by atoms with van der Waals surface area (Å²) in [5.41, 5.74) is 8.34. The van der Waals surface area contributed by atoms with Gasteiger partial charge in [0.05, 0.1) is 5.69 Å². The van der Waals surface area contributed by atoms with E-state index in [1.807, 2.05) is 25.1 Å². The van der Waals surface area contributed by atoms with Gasteiger partial charge in [0.15, 0.2) is 0 Å². The molecular formula is C19H19ClFN3O2. The fourth-order valence-electron chi connectivity index (χ4n) is 3.48. The van der Waals surface area contributed by atoms with Crippen LogP contribution in [0.15, 0.2) is 36.4 Å². The first kappa shape index (κ1) is 18.2. The molecular weight excluding hydrogens is 357 g/mol. The number of anilines is 1. The third-order valence-corrected chi connectivity index (χ3v) is 5.09. The molecule has 1 unspecified atom stereocenters. The van der Waals surface area contributed by atoms with Gasteiger partial charge in [0.2, 0.25) is 5.91 Å². The number of nitrogens with two attached hydrogens (primary N) is 1. The molecule has 0 spiro atoms. The molecule has 3 rings (SSSR count). The monoisotopic (exact) mass is 375 g/mol. The predicted octanol–water partition coefficient (Wildman–Crippen LogP) is 3.19. The molecule has 0 saturated heterocycles. The maximum atomic E-state index is 13.7. The lowest BCUT2D eigenvalue weighted by Crippen LogP contribution is -2.53. The molecule has 0 fully saturated rings. The van der Waals surface area contributed by atoms with Gasteiger partial charge in [-0.2, -0.15) is 0 Å². The van der Waals surface area contributed by atoms with Crippen LogP contribution >= 0.6 is 11.6 Å². The number of hydrogen-bond acceptors (Lipinski definition) is 2. The largest absolute Gasteiger partial charge is 0.352 e. The Morgan fingerprint density at radius 2 is 2.08 bits per heavy atom. The minimum atomic E-state index is -0.740. The van der Waals surface area contributed by atoms with Crippen LogP contribution < -0.4 is 16.0 Å². The number of para-hydroxylation sites is 1. The molecule has 136 valence electrons. The van der Waals surface area contributed by atoms with Crippen LogP contribution in [0.4, 0.5) is 14.9 Å². The number of benzene rings is 2. The number of rotatable bonds is 3. The average molecular weight is 376 g/mol. The van der Waals surface area contributed by atoms with Crippen LogP contribution in [0.2, 0.25) is 5.02 Å². The van der Waals surface area contributed by atoms with Crippen LogP contribution in [0, 0.1) is 5.82 Å². The minimum absolute atomic E-state index is 0.218. The molecule has 2 aromatic rings. The number of fused-ring (bicyclic) bond motifs is 1. The summed E-state index contributed by atoms with van der Waals surface area (Å²) in [6, 6.07) is 8.49. The van der Waals surface area contributed by atoms with Crippen LogP contribution in [-0.4, -0.2) is 25.0 Å². The summed E-state index contributed by atoms with van der Waals surface area (Å²) in [4.78, 5) is 25.3. The maximum Gasteiger partial charge on any atom is 0.312 e. The molecule has 2 atom stereocenters. The standard InChI is InChI=1S/C19H19ClFN3O2/c1-10(14-9-12(21)6-7-15(14)20)13-5-3-4-11-8-16(23-19(22)26)18(25)24(2)17(11)13/h3-7,9-10,16H,8H2,1-2H3,(H3,22,23,26)/t10?,16-/m1/s1. The Labute approximate surface area is 155 Å². The maximum absolute atomic E-state index is 13.7. The van der Waals surface area contributed by atoms with Gasteiger partial charge in [-0.1, -0.05) is 36.7 Å². The van der Waals surface area contributed by atoms with Gasteiger partial charge in [0.25, 0.3) is 0 Å². The van der Waals surface area contributed by atoms with Gasteiger partial charge in [-0.05, 0) is 34.9 Å². The second-order valence-electron chi connectivity index (χ2n) is 6.41. The number of carbonyl (C=O) groups excluding carboxylic acids is 2.